The number of nitrogens with one attached hydrogen (secondary N) is 1. The first-order chi connectivity index (χ1) is 18.4. The molecule has 6 rings (SSSR count). The molecule has 0 spiro atoms. The lowest BCUT2D eigenvalue weighted by molar-refractivity contribution is 0.0730. The Bertz CT molecular complexity index is 1610. The Labute approximate surface area is 222 Å². The lowest BCUT2D eigenvalue weighted by atomic mass is 10.1. The van der Waals surface area contributed by atoms with Crippen LogP contribution in [0.25, 0.3) is 16.4 Å². The summed E-state index contributed by atoms with van der Waals surface area (Å²) in [7, 11) is -3.64. The Morgan fingerprint density at radius 2 is 1.79 bits per heavy atom. The van der Waals surface area contributed by atoms with Crippen LogP contribution in [0.15, 0.2) is 58.8 Å². The van der Waals surface area contributed by atoms with E-state index in [2.05, 4.69) is 10.4 Å². The average Bonchev–Trinajstić information content (AvgIpc) is 3.68. The molecule has 2 aromatic carbocycles. The summed E-state index contributed by atoms with van der Waals surface area (Å²) in [5.74, 6) is 1.42. The Morgan fingerprint density at radius 1 is 1.03 bits per heavy atom. The molecule has 0 saturated carbocycles. The third-order valence-corrected chi connectivity index (χ3v) is 8.87. The van der Waals surface area contributed by atoms with E-state index >= 15 is 0 Å². The zero-order valence-corrected chi connectivity index (χ0v) is 21.9. The summed E-state index contributed by atoms with van der Waals surface area (Å²) in [4.78, 5) is 17.9. The Hall–Kier alpha value is -3.78. The van der Waals surface area contributed by atoms with Crippen LogP contribution >= 0.6 is 11.3 Å². The molecule has 38 heavy (non-hydrogen) atoms. The molecule has 2 aromatic heterocycles. The van der Waals surface area contributed by atoms with Crippen LogP contribution in [0.3, 0.4) is 0 Å². The first kappa shape index (κ1) is 24.6. The Balaban J connectivity index is 1.20. The number of carbonyl (C=O) groups excluding carboxylic acids is 1. The number of carbonyl (C=O) groups is 1. The SMILES string of the molecule is Cc1cc(NC(=O)c2ccc(S(=O)(=O)N3CCOCC3)cc2)n(-c2nc(-c3ccc4c(c3)OCO4)cs2)n1. The topological polar surface area (TPSA) is 125 Å². The van der Waals surface area contributed by atoms with Crippen molar-refractivity contribution in [3.8, 4) is 27.9 Å². The van der Waals surface area contributed by atoms with Gasteiger partial charge >= 0.3 is 0 Å². The highest BCUT2D eigenvalue weighted by Gasteiger charge is 2.26. The predicted molar refractivity (Wildman–Crippen MR) is 140 cm³/mol. The number of sulfonamides is 1. The molecule has 196 valence electrons. The van der Waals surface area contributed by atoms with E-state index in [0.717, 1.165) is 11.3 Å². The molecule has 0 bridgehead atoms. The summed E-state index contributed by atoms with van der Waals surface area (Å²) in [6.07, 6.45) is 0. The van der Waals surface area contributed by atoms with Crippen molar-refractivity contribution in [3.05, 3.63) is 65.2 Å². The van der Waals surface area contributed by atoms with E-state index < -0.39 is 15.9 Å². The van der Waals surface area contributed by atoms with Gasteiger partial charge in [-0.05, 0) is 49.4 Å². The Kier molecular flexibility index (Phi) is 6.35. The maximum absolute atomic E-state index is 13.0. The number of morpholine rings is 1. The van der Waals surface area contributed by atoms with Crippen LogP contribution in [0.5, 0.6) is 11.5 Å². The number of thiazole rings is 1. The van der Waals surface area contributed by atoms with Gasteiger partial charge < -0.3 is 19.5 Å². The monoisotopic (exact) mass is 553 g/mol. The fraction of sp³-hybridized carbons (Fsp3) is 0.240. The summed E-state index contributed by atoms with van der Waals surface area (Å²) in [5, 5.41) is 9.85. The third kappa shape index (κ3) is 4.65. The van der Waals surface area contributed by atoms with E-state index in [1.165, 1.54) is 39.9 Å². The van der Waals surface area contributed by atoms with Crippen LogP contribution in [-0.4, -0.2) is 66.5 Å². The summed E-state index contributed by atoms with van der Waals surface area (Å²) >= 11 is 1.39. The number of hydrogen-bond acceptors (Lipinski definition) is 9. The second kappa shape index (κ2) is 9.83. The number of aryl methyl sites for hydroxylation is 1. The molecule has 0 unspecified atom stereocenters. The second-order valence-corrected chi connectivity index (χ2v) is 11.4. The van der Waals surface area contributed by atoms with Crippen LogP contribution in [0.4, 0.5) is 5.82 Å². The first-order valence-electron chi connectivity index (χ1n) is 11.8. The molecule has 1 fully saturated rings. The summed E-state index contributed by atoms with van der Waals surface area (Å²) < 4.78 is 44.8. The quantitative estimate of drug-likeness (QED) is 0.386. The van der Waals surface area contributed by atoms with Crippen molar-refractivity contribution in [3.63, 3.8) is 0 Å². The van der Waals surface area contributed by atoms with Crippen molar-refractivity contribution in [1.82, 2.24) is 19.1 Å². The highest BCUT2D eigenvalue weighted by atomic mass is 32.2. The van der Waals surface area contributed by atoms with E-state index in [1.807, 2.05) is 30.5 Å². The number of anilines is 1. The molecule has 4 aromatic rings. The van der Waals surface area contributed by atoms with Crippen molar-refractivity contribution in [2.24, 2.45) is 0 Å². The van der Waals surface area contributed by atoms with Gasteiger partial charge in [0.05, 0.1) is 29.5 Å². The van der Waals surface area contributed by atoms with Crippen LogP contribution in [-0.2, 0) is 14.8 Å². The van der Waals surface area contributed by atoms with Gasteiger partial charge in [0.25, 0.3) is 5.91 Å². The largest absolute Gasteiger partial charge is 0.454 e. The van der Waals surface area contributed by atoms with Gasteiger partial charge in [-0.2, -0.15) is 14.1 Å². The number of ether oxygens (including phenoxy) is 3. The van der Waals surface area contributed by atoms with Crippen LogP contribution in [0.2, 0.25) is 0 Å². The third-order valence-electron chi connectivity index (χ3n) is 6.14. The summed E-state index contributed by atoms with van der Waals surface area (Å²) in [5.41, 5.74) is 2.63. The first-order valence-corrected chi connectivity index (χ1v) is 14.1. The second-order valence-electron chi connectivity index (χ2n) is 8.66. The van der Waals surface area contributed by atoms with Crippen molar-refractivity contribution < 1.29 is 27.4 Å². The molecule has 2 aliphatic rings. The Morgan fingerprint density at radius 3 is 2.58 bits per heavy atom. The number of amides is 1. The van der Waals surface area contributed by atoms with Gasteiger partial charge in [0.15, 0.2) is 11.5 Å². The maximum atomic E-state index is 13.0. The normalized spacial score (nSPS) is 15.5. The molecule has 0 atom stereocenters. The number of nitrogens with zero attached hydrogens (tertiary/aromatic N) is 4. The van der Waals surface area contributed by atoms with Gasteiger partial charge in [-0.15, -0.1) is 11.3 Å². The van der Waals surface area contributed by atoms with E-state index in [-0.39, 0.29) is 11.7 Å². The molecular formula is C25H23N5O6S2. The minimum Gasteiger partial charge on any atom is -0.454 e. The molecule has 2 aliphatic heterocycles. The lowest BCUT2D eigenvalue weighted by Gasteiger charge is -2.26. The number of hydrogen-bond donors (Lipinski definition) is 1. The van der Waals surface area contributed by atoms with E-state index in [4.69, 9.17) is 19.2 Å². The molecular weight excluding hydrogens is 530 g/mol. The molecule has 13 heteroatoms. The zero-order valence-electron chi connectivity index (χ0n) is 20.3. The highest BCUT2D eigenvalue weighted by molar-refractivity contribution is 7.89. The molecule has 1 N–H and O–H groups in total. The number of aromatic nitrogens is 3. The maximum Gasteiger partial charge on any atom is 0.256 e. The number of benzene rings is 2. The molecule has 11 nitrogen and oxygen atoms in total. The lowest BCUT2D eigenvalue weighted by Crippen LogP contribution is -2.40. The van der Waals surface area contributed by atoms with Crippen LogP contribution < -0.4 is 14.8 Å². The standard InChI is InChI=1S/C25H23N5O6S2/c1-16-12-23(27-24(31)17-2-5-19(6-3-17)38(32,33)29-8-10-34-11-9-29)30(28-16)25-26-20(14-37-25)18-4-7-21-22(13-18)36-15-35-21/h2-7,12-14H,8-11,15H2,1H3,(H,27,31). The predicted octanol–water partition coefficient (Wildman–Crippen LogP) is 3.31. The zero-order chi connectivity index (χ0) is 26.3. The van der Waals surface area contributed by atoms with Gasteiger partial charge in [-0.1, -0.05) is 0 Å². The molecule has 0 radical (unpaired) electrons. The van der Waals surface area contributed by atoms with Crippen molar-refractivity contribution in [2.45, 2.75) is 11.8 Å². The summed E-state index contributed by atoms with van der Waals surface area (Å²) in [6.45, 7) is 3.36. The smallest absolute Gasteiger partial charge is 0.256 e. The van der Waals surface area contributed by atoms with E-state index in [9.17, 15) is 13.2 Å². The fourth-order valence-electron chi connectivity index (χ4n) is 4.19. The molecule has 1 amide bonds. The van der Waals surface area contributed by atoms with Crippen molar-refractivity contribution in [1.29, 1.82) is 0 Å². The van der Waals surface area contributed by atoms with E-state index in [1.54, 1.807) is 10.7 Å². The van der Waals surface area contributed by atoms with Gasteiger partial charge in [0.2, 0.25) is 21.9 Å². The van der Waals surface area contributed by atoms with Crippen molar-refractivity contribution >= 4 is 33.1 Å². The molecule has 1 saturated heterocycles. The van der Waals surface area contributed by atoms with E-state index in [0.29, 0.717) is 60.0 Å². The molecule has 4 heterocycles. The van der Waals surface area contributed by atoms with Gasteiger partial charge in [0, 0.05) is 35.7 Å². The van der Waals surface area contributed by atoms with Gasteiger partial charge in [-0.3, -0.25) is 4.79 Å². The minimum absolute atomic E-state index is 0.135. The van der Waals surface area contributed by atoms with Crippen LogP contribution in [0, 0.1) is 6.92 Å². The summed E-state index contributed by atoms with van der Waals surface area (Å²) in [6, 6.07) is 13.3. The fourth-order valence-corrected chi connectivity index (χ4v) is 6.39. The highest BCUT2D eigenvalue weighted by Crippen LogP contribution is 2.36. The minimum atomic E-state index is -3.64. The average molecular weight is 554 g/mol. The van der Waals surface area contributed by atoms with Gasteiger partial charge in [0.1, 0.15) is 5.82 Å². The van der Waals surface area contributed by atoms with Crippen LogP contribution in [0.1, 0.15) is 16.1 Å². The molecule has 0 aliphatic carbocycles. The number of fused-ring (bicyclic) bond motifs is 1. The van der Waals surface area contributed by atoms with Gasteiger partial charge in [-0.25, -0.2) is 13.4 Å². The van der Waals surface area contributed by atoms with Crippen molar-refractivity contribution in [2.75, 3.05) is 38.4 Å². The number of rotatable bonds is 6.